The van der Waals surface area contributed by atoms with E-state index in [0.29, 0.717) is 5.69 Å². The molecule has 0 radical (unpaired) electrons. The lowest BCUT2D eigenvalue weighted by atomic mass is 10.2. The quantitative estimate of drug-likeness (QED) is 0.841. The van der Waals surface area contributed by atoms with Crippen LogP contribution in [0.15, 0.2) is 42.3 Å². The molecule has 1 fully saturated rings. The molecule has 3 rings (SSSR count). The summed E-state index contributed by atoms with van der Waals surface area (Å²) >= 11 is 0. The van der Waals surface area contributed by atoms with Crippen molar-refractivity contribution in [1.29, 1.82) is 0 Å². The molecule has 2 atom stereocenters. The van der Waals surface area contributed by atoms with Crippen LogP contribution >= 0.6 is 0 Å². The Labute approximate surface area is 156 Å². The number of carbonyl (C=O) groups is 1. The molecular weight excluding hydrogens is 381 g/mol. The molecule has 0 saturated carbocycles. The topological polar surface area (TPSA) is 67.2 Å². The van der Waals surface area contributed by atoms with Gasteiger partial charge in [-0.2, -0.15) is 5.10 Å². The molecule has 1 saturated heterocycles. The Balaban J connectivity index is 2.04. The van der Waals surface area contributed by atoms with Crippen molar-refractivity contribution in [3.05, 3.63) is 53.8 Å². The summed E-state index contributed by atoms with van der Waals surface area (Å²) in [6, 6.07) is 5.50. The van der Waals surface area contributed by atoms with Crippen LogP contribution in [-0.4, -0.2) is 38.4 Å². The van der Waals surface area contributed by atoms with Gasteiger partial charge in [0.1, 0.15) is 22.6 Å². The number of aromatic nitrogens is 2. The molecule has 27 heavy (non-hydrogen) atoms. The van der Waals surface area contributed by atoms with Crippen LogP contribution in [0.25, 0.3) is 5.69 Å². The van der Waals surface area contributed by atoms with Crippen molar-refractivity contribution in [2.75, 3.05) is 11.4 Å². The fourth-order valence-electron chi connectivity index (χ4n) is 2.86. The molecule has 2 aromatic rings. The Kier molecular flexibility index (Phi) is 5.09. The maximum atomic E-state index is 14.0. The first kappa shape index (κ1) is 19.2. The average Bonchev–Trinajstić information content (AvgIpc) is 3.17. The lowest BCUT2D eigenvalue weighted by Crippen LogP contribution is -2.37. The molecule has 1 aliphatic rings. The van der Waals surface area contributed by atoms with Gasteiger partial charge in [-0.3, -0.25) is 9.52 Å². The number of nitrogens with one attached hydrogen (secondary N) is 1. The van der Waals surface area contributed by atoms with Crippen molar-refractivity contribution in [2.45, 2.75) is 25.3 Å². The van der Waals surface area contributed by atoms with Gasteiger partial charge in [0.15, 0.2) is 5.69 Å². The number of benzene rings is 1. The lowest BCUT2D eigenvalue weighted by Gasteiger charge is -2.26. The molecule has 1 amide bonds. The van der Waals surface area contributed by atoms with Crippen LogP contribution in [0.4, 0.5) is 19.0 Å². The van der Waals surface area contributed by atoms with Crippen LogP contribution in [0.5, 0.6) is 0 Å². The molecule has 2 heterocycles. The van der Waals surface area contributed by atoms with Crippen LogP contribution in [0.3, 0.4) is 0 Å². The minimum Gasteiger partial charge on any atom is -0.348 e. The third kappa shape index (κ3) is 3.75. The van der Waals surface area contributed by atoms with E-state index in [1.807, 2.05) is 0 Å². The normalized spacial score (nSPS) is 19.7. The molecule has 0 bridgehead atoms. The van der Waals surface area contributed by atoms with E-state index in [2.05, 4.69) is 16.4 Å². The second-order valence-corrected chi connectivity index (χ2v) is 7.18. The summed E-state index contributed by atoms with van der Waals surface area (Å²) in [6.45, 7) is 4.77. The fourth-order valence-corrected chi connectivity index (χ4v) is 3.23. The summed E-state index contributed by atoms with van der Waals surface area (Å²) in [5.41, 5.74) is 0.296. The summed E-state index contributed by atoms with van der Waals surface area (Å²) in [7, 11) is -1.79. The molecular formula is C17H17F3N4O2S. The number of nitrogens with zero attached hydrogens (tertiary/aromatic N) is 3. The third-order valence-corrected chi connectivity index (χ3v) is 5.09. The number of hydrogen-bond donors (Lipinski definition) is 1. The number of rotatable bonds is 5. The molecule has 10 heteroatoms. The fraction of sp³-hybridized carbons (Fsp3) is 0.294. The van der Waals surface area contributed by atoms with Gasteiger partial charge in [0, 0.05) is 24.4 Å². The molecule has 144 valence electrons. The summed E-state index contributed by atoms with van der Waals surface area (Å²) in [4.78, 5) is 13.7. The first-order valence-electron chi connectivity index (χ1n) is 8.07. The van der Waals surface area contributed by atoms with E-state index in [9.17, 15) is 22.2 Å². The average molecular weight is 398 g/mol. The number of carbonyl (C=O) groups excluding carboxylic acids is 1. The number of amides is 1. The molecule has 1 N–H and O–H groups in total. The predicted octanol–water partition coefficient (Wildman–Crippen LogP) is 2.78. The van der Waals surface area contributed by atoms with E-state index in [1.54, 1.807) is 0 Å². The highest BCUT2D eigenvalue weighted by Crippen LogP contribution is 2.37. The van der Waals surface area contributed by atoms with Crippen LogP contribution < -0.4 is 9.62 Å². The highest BCUT2D eigenvalue weighted by atomic mass is 32.2. The van der Waals surface area contributed by atoms with Gasteiger partial charge in [0.05, 0.1) is 11.7 Å². The highest BCUT2D eigenvalue weighted by molar-refractivity contribution is 7.86. The minimum absolute atomic E-state index is 0.0701. The molecule has 1 aromatic carbocycles. The summed E-state index contributed by atoms with van der Waals surface area (Å²) in [5, 5.41) is 5.19. The molecule has 0 spiro atoms. The molecule has 0 aliphatic carbocycles. The number of hydrogen-bond acceptors (Lipinski definition) is 4. The summed E-state index contributed by atoms with van der Waals surface area (Å²) in [5.74, 6) is -3.83. The van der Waals surface area contributed by atoms with Gasteiger partial charge >= 0.3 is 0 Å². The first-order chi connectivity index (χ1) is 12.7. The monoisotopic (exact) mass is 398 g/mol. The summed E-state index contributed by atoms with van der Waals surface area (Å²) < 4.78 is 56.2. The maximum absolute atomic E-state index is 14.0. The van der Waals surface area contributed by atoms with Crippen molar-refractivity contribution in [3.8, 4) is 5.69 Å². The molecule has 1 aromatic heterocycles. The number of alkyl halides is 2. The second-order valence-electron chi connectivity index (χ2n) is 6.05. The zero-order valence-electron chi connectivity index (χ0n) is 14.4. The smallest absolute Gasteiger partial charge is 0.283 e. The number of anilines is 1. The lowest BCUT2D eigenvalue weighted by molar-refractivity contribution is -0.00189. The van der Waals surface area contributed by atoms with Gasteiger partial charge in [-0.25, -0.2) is 22.1 Å². The number of halogens is 3. The van der Waals surface area contributed by atoms with E-state index >= 15 is 0 Å². The Morgan fingerprint density at radius 3 is 2.63 bits per heavy atom. The van der Waals surface area contributed by atoms with Gasteiger partial charge in [-0.15, -0.1) is 0 Å². The molecule has 2 unspecified atom stereocenters. The van der Waals surface area contributed by atoms with E-state index in [0.717, 1.165) is 5.41 Å². The molecule has 1 aliphatic heterocycles. The van der Waals surface area contributed by atoms with Crippen molar-refractivity contribution >= 4 is 22.7 Å². The first-order valence-corrected chi connectivity index (χ1v) is 9.29. The Hall–Kier alpha value is -2.62. The van der Waals surface area contributed by atoms with Gasteiger partial charge in [0.2, 0.25) is 0 Å². The van der Waals surface area contributed by atoms with Crippen LogP contribution in [-0.2, 0) is 11.0 Å². The minimum atomic E-state index is -2.88. The third-order valence-electron chi connectivity index (χ3n) is 4.40. The van der Waals surface area contributed by atoms with Crippen molar-refractivity contribution in [2.24, 2.45) is 0 Å². The zero-order chi connectivity index (χ0) is 19.8. The SMILES string of the molecule is C=CS(=O)NC(=O)c1cc(N2CCC(F)(F)C2C)n(-c2ccc(F)cc2)n1. The summed E-state index contributed by atoms with van der Waals surface area (Å²) in [6.07, 6.45) is -0.329. The van der Waals surface area contributed by atoms with Crippen molar-refractivity contribution in [3.63, 3.8) is 0 Å². The van der Waals surface area contributed by atoms with Crippen molar-refractivity contribution < 1.29 is 22.2 Å². The van der Waals surface area contributed by atoms with E-state index in [4.69, 9.17) is 0 Å². The second kappa shape index (κ2) is 7.18. The Bertz CT molecular complexity index is 898. The highest BCUT2D eigenvalue weighted by Gasteiger charge is 2.47. The van der Waals surface area contributed by atoms with Crippen LogP contribution in [0.2, 0.25) is 0 Å². The molecule has 6 nitrogen and oxygen atoms in total. The van der Waals surface area contributed by atoms with Crippen LogP contribution in [0.1, 0.15) is 23.8 Å². The van der Waals surface area contributed by atoms with Gasteiger partial charge in [-0.1, -0.05) is 6.58 Å². The van der Waals surface area contributed by atoms with E-state index in [-0.39, 0.29) is 24.5 Å². The Morgan fingerprint density at radius 2 is 2.07 bits per heavy atom. The van der Waals surface area contributed by atoms with Gasteiger partial charge in [-0.05, 0) is 31.2 Å². The maximum Gasteiger partial charge on any atom is 0.283 e. The Morgan fingerprint density at radius 1 is 1.41 bits per heavy atom. The zero-order valence-corrected chi connectivity index (χ0v) is 15.2. The van der Waals surface area contributed by atoms with Gasteiger partial charge < -0.3 is 4.90 Å². The standard InChI is InChI=1S/C17H17F3N4O2S/c1-3-27(26)22-16(25)14-10-15(23-9-8-17(19,20)11(23)2)24(21-14)13-6-4-12(18)5-7-13/h3-7,10-11H,1,8-9H2,2H3,(H,22,25). The van der Waals surface area contributed by atoms with E-state index < -0.39 is 34.7 Å². The van der Waals surface area contributed by atoms with Gasteiger partial charge in [0.25, 0.3) is 11.8 Å². The predicted molar refractivity (Wildman–Crippen MR) is 95.7 cm³/mol. The van der Waals surface area contributed by atoms with Crippen LogP contribution in [0, 0.1) is 5.82 Å². The van der Waals surface area contributed by atoms with Crippen molar-refractivity contribution in [1.82, 2.24) is 14.5 Å². The van der Waals surface area contributed by atoms with E-state index in [1.165, 1.54) is 46.8 Å². The largest absolute Gasteiger partial charge is 0.348 e.